The smallest absolute Gasteiger partial charge is 0.0502 e. The third-order valence-corrected chi connectivity index (χ3v) is 13.2. The Hall–Kier alpha value is -2.88. The number of aromatic nitrogens is 4. The molecule has 0 N–H and O–H groups in total. The SMILES string of the molecule is CCC1(CC)c2ccc(n2C)C(CC)(CC)c2ccc(n2C)C(CC)(CC)c2ccc(n2C)C(CC)(CC)c2ccc1n2C. The number of nitrogens with zero attached hydrogens (tertiary/aromatic N) is 4. The molecule has 44 heavy (non-hydrogen) atoms. The Bertz CT molecular complexity index is 1260. The van der Waals surface area contributed by atoms with Crippen LogP contribution in [0.2, 0.25) is 0 Å². The lowest BCUT2D eigenvalue weighted by Gasteiger charge is -2.40. The Labute approximate surface area is 268 Å². The van der Waals surface area contributed by atoms with Crippen molar-refractivity contribution in [3.05, 3.63) is 94.1 Å². The summed E-state index contributed by atoms with van der Waals surface area (Å²) in [4.78, 5) is 0. The minimum atomic E-state index is -0.0736. The molecule has 240 valence electrons. The zero-order valence-electron chi connectivity index (χ0n) is 30.1. The lowest BCUT2D eigenvalue weighted by molar-refractivity contribution is 0.368. The van der Waals surface area contributed by atoms with Gasteiger partial charge in [0.15, 0.2) is 0 Å². The van der Waals surface area contributed by atoms with E-state index in [1.165, 1.54) is 45.6 Å². The van der Waals surface area contributed by atoms with Crippen molar-refractivity contribution < 1.29 is 0 Å². The van der Waals surface area contributed by atoms with Gasteiger partial charge in [0, 0.05) is 73.7 Å². The lowest BCUT2D eigenvalue weighted by Crippen LogP contribution is -2.38. The third kappa shape index (κ3) is 3.88. The highest BCUT2D eigenvalue weighted by atomic mass is 15.1. The highest BCUT2D eigenvalue weighted by Crippen LogP contribution is 2.50. The molecule has 0 radical (unpaired) electrons. The van der Waals surface area contributed by atoms with Gasteiger partial charge in [-0.15, -0.1) is 0 Å². The van der Waals surface area contributed by atoms with Crippen molar-refractivity contribution >= 4 is 0 Å². The Morgan fingerprint density at radius 1 is 0.295 bits per heavy atom. The first kappa shape index (κ1) is 32.5. The summed E-state index contributed by atoms with van der Waals surface area (Å²) in [5.74, 6) is 0. The van der Waals surface area contributed by atoms with Crippen molar-refractivity contribution in [2.45, 2.75) is 128 Å². The molecular formula is C40H60N4. The van der Waals surface area contributed by atoms with Gasteiger partial charge in [-0.1, -0.05) is 55.4 Å². The minimum Gasteiger partial charge on any atom is -0.350 e. The fourth-order valence-electron chi connectivity index (χ4n) is 10.3. The molecule has 0 atom stereocenters. The zero-order valence-corrected chi connectivity index (χ0v) is 30.1. The highest BCUT2D eigenvalue weighted by molar-refractivity contribution is 5.47. The average Bonchev–Trinajstić information content (AvgIpc) is 3.83. The second kappa shape index (κ2) is 11.5. The molecule has 0 aromatic carbocycles. The second-order valence-corrected chi connectivity index (χ2v) is 13.8. The van der Waals surface area contributed by atoms with E-state index in [9.17, 15) is 0 Å². The highest BCUT2D eigenvalue weighted by Gasteiger charge is 2.46. The topological polar surface area (TPSA) is 19.7 Å². The molecule has 1 aliphatic rings. The molecule has 0 fully saturated rings. The van der Waals surface area contributed by atoms with Crippen molar-refractivity contribution in [2.24, 2.45) is 28.2 Å². The molecule has 5 rings (SSSR count). The molecule has 4 aromatic heterocycles. The molecule has 0 spiro atoms. The Kier molecular flexibility index (Phi) is 8.49. The molecule has 0 saturated heterocycles. The van der Waals surface area contributed by atoms with Crippen LogP contribution >= 0.6 is 0 Å². The Morgan fingerprint density at radius 3 is 0.500 bits per heavy atom. The Balaban J connectivity index is 1.99. The van der Waals surface area contributed by atoms with Crippen molar-refractivity contribution in [2.75, 3.05) is 0 Å². The summed E-state index contributed by atoms with van der Waals surface area (Å²) in [6.45, 7) is 19.1. The van der Waals surface area contributed by atoms with Crippen molar-refractivity contribution in [1.82, 2.24) is 18.3 Å². The van der Waals surface area contributed by atoms with Gasteiger partial charge < -0.3 is 18.3 Å². The maximum Gasteiger partial charge on any atom is 0.0502 e. The predicted molar refractivity (Wildman–Crippen MR) is 187 cm³/mol. The van der Waals surface area contributed by atoms with E-state index in [-0.39, 0.29) is 21.7 Å². The van der Waals surface area contributed by atoms with Gasteiger partial charge in [-0.3, -0.25) is 0 Å². The Morgan fingerprint density at radius 2 is 0.409 bits per heavy atom. The first-order valence-corrected chi connectivity index (χ1v) is 17.7. The normalized spacial score (nSPS) is 18.1. The largest absolute Gasteiger partial charge is 0.350 e. The van der Waals surface area contributed by atoms with Crippen LogP contribution < -0.4 is 0 Å². The minimum absolute atomic E-state index is 0.0736. The van der Waals surface area contributed by atoms with Crippen LogP contribution in [0, 0.1) is 0 Å². The molecule has 1 aliphatic heterocycles. The molecule has 4 aromatic rings. The first-order valence-electron chi connectivity index (χ1n) is 17.7. The van der Waals surface area contributed by atoms with E-state index in [0.717, 1.165) is 51.4 Å². The standard InChI is InChI=1S/C40H60N4/c1-13-37(14-2)29-21-23-31(41(29)9)38(15-3,16-4)33-25-27-35(43(33)11)40(19-7,20-8)36-28-26-34(44(36)12)39(17-5,18-6)32-24-22-30(37)42(32)10/h21-28H,13-20H2,1-12H3. The lowest BCUT2D eigenvalue weighted by atomic mass is 9.74. The zero-order chi connectivity index (χ0) is 32.2. The van der Waals surface area contributed by atoms with E-state index in [2.05, 4.69) is 150 Å². The van der Waals surface area contributed by atoms with Crippen LogP contribution in [0.1, 0.15) is 152 Å². The summed E-state index contributed by atoms with van der Waals surface area (Å²) in [5, 5.41) is 0. The number of hydrogen-bond acceptors (Lipinski definition) is 0. The maximum atomic E-state index is 2.59. The summed E-state index contributed by atoms with van der Waals surface area (Å²) in [6.07, 6.45) is 8.50. The third-order valence-electron chi connectivity index (χ3n) is 13.2. The summed E-state index contributed by atoms with van der Waals surface area (Å²) < 4.78 is 10.4. The fraction of sp³-hybridized carbons (Fsp3) is 0.600. The molecule has 4 nitrogen and oxygen atoms in total. The second-order valence-electron chi connectivity index (χ2n) is 13.8. The molecule has 0 unspecified atom stereocenters. The first-order chi connectivity index (χ1) is 21.0. The van der Waals surface area contributed by atoms with Gasteiger partial charge >= 0.3 is 0 Å². The van der Waals surface area contributed by atoms with Crippen LogP contribution in [0.5, 0.6) is 0 Å². The fourth-order valence-corrected chi connectivity index (χ4v) is 10.3. The molecule has 4 heteroatoms. The van der Waals surface area contributed by atoms with E-state index in [1.807, 2.05) is 0 Å². The van der Waals surface area contributed by atoms with Crippen molar-refractivity contribution in [3.63, 3.8) is 0 Å². The summed E-state index contributed by atoms with van der Waals surface area (Å²) in [6, 6.07) is 19.7. The van der Waals surface area contributed by atoms with Crippen LogP contribution in [-0.2, 0) is 49.9 Å². The number of rotatable bonds is 8. The van der Waals surface area contributed by atoms with E-state index >= 15 is 0 Å². The van der Waals surface area contributed by atoms with Gasteiger partial charge in [-0.2, -0.15) is 0 Å². The molecule has 0 aliphatic carbocycles. The van der Waals surface area contributed by atoms with Gasteiger partial charge in [-0.05, 0) is 99.9 Å². The molecule has 0 saturated carbocycles. The van der Waals surface area contributed by atoms with Gasteiger partial charge in [0.25, 0.3) is 0 Å². The van der Waals surface area contributed by atoms with Gasteiger partial charge in [0.05, 0.1) is 21.7 Å². The monoisotopic (exact) mass is 596 g/mol. The van der Waals surface area contributed by atoms with Crippen LogP contribution in [0.15, 0.2) is 48.5 Å². The maximum absolute atomic E-state index is 2.59. The van der Waals surface area contributed by atoms with E-state index < -0.39 is 0 Å². The molecule has 8 bridgehead atoms. The van der Waals surface area contributed by atoms with Crippen LogP contribution in [-0.4, -0.2) is 18.3 Å². The predicted octanol–water partition coefficient (Wildman–Crippen LogP) is 9.78. The molecule has 5 heterocycles. The van der Waals surface area contributed by atoms with Crippen LogP contribution in [0.3, 0.4) is 0 Å². The summed E-state index contributed by atoms with van der Waals surface area (Å²) >= 11 is 0. The van der Waals surface area contributed by atoms with Crippen LogP contribution in [0.25, 0.3) is 0 Å². The van der Waals surface area contributed by atoms with Gasteiger partial charge in [0.2, 0.25) is 0 Å². The number of hydrogen-bond donors (Lipinski definition) is 0. The van der Waals surface area contributed by atoms with E-state index in [4.69, 9.17) is 0 Å². The van der Waals surface area contributed by atoms with Crippen LogP contribution in [0.4, 0.5) is 0 Å². The van der Waals surface area contributed by atoms with Gasteiger partial charge in [0.1, 0.15) is 0 Å². The molecule has 0 amide bonds. The van der Waals surface area contributed by atoms with E-state index in [1.54, 1.807) is 0 Å². The van der Waals surface area contributed by atoms with Crippen molar-refractivity contribution in [3.8, 4) is 0 Å². The number of fused-ring (bicyclic) bond motifs is 8. The molecular weight excluding hydrogens is 536 g/mol. The van der Waals surface area contributed by atoms with E-state index in [0.29, 0.717) is 0 Å². The van der Waals surface area contributed by atoms with Crippen molar-refractivity contribution in [1.29, 1.82) is 0 Å². The van der Waals surface area contributed by atoms with Gasteiger partial charge in [-0.25, -0.2) is 0 Å². The quantitative estimate of drug-likeness (QED) is 0.193. The summed E-state index contributed by atoms with van der Waals surface area (Å²) in [5.41, 5.74) is 11.2. The average molecular weight is 597 g/mol. The summed E-state index contributed by atoms with van der Waals surface area (Å²) in [7, 11) is 9.38.